The van der Waals surface area contributed by atoms with Crippen molar-refractivity contribution >= 4 is 12.0 Å². The van der Waals surface area contributed by atoms with E-state index in [9.17, 15) is 4.79 Å². The van der Waals surface area contributed by atoms with Gasteiger partial charge in [-0.05, 0) is 30.2 Å². The fourth-order valence-corrected chi connectivity index (χ4v) is 1.62. The third-order valence-corrected chi connectivity index (χ3v) is 2.40. The topological polar surface area (TPSA) is 55.8 Å². The Bertz CT molecular complexity index is 410. The number of hydrogen-bond donors (Lipinski definition) is 1. The van der Waals surface area contributed by atoms with Gasteiger partial charge in [0.1, 0.15) is 11.5 Å². The second-order valence-electron chi connectivity index (χ2n) is 3.43. The van der Waals surface area contributed by atoms with Gasteiger partial charge < -0.3 is 14.6 Å². The molecule has 1 aromatic rings. The van der Waals surface area contributed by atoms with E-state index in [1.807, 2.05) is 6.92 Å². The van der Waals surface area contributed by atoms with E-state index in [0.29, 0.717) is 11.5 Å². The summed E-state index contributed by atoms with van der Waals surface area (Å²) in [6.07, 6.45) is 3.38. The number of carboxylic acids is 1. The highest BCUT2D eigenvalue weighted by Gasteiger charge is 2.09. The molecule has 17 heavy (non-hydrogen) atoms. The van der Waals surface area contributed by atoms with Crippen LogP contribution in [0.3, 0.4) is 0 Å². The summed E-state index contributed by atoms with van der Waals surface area (Å²) in [7, 11) is 3.16. The van der Waals surface area contributed by atoms with E-state index in [1.165, 1.54) is 6.08 Å². The van der Waals surface area contributed by atoms with Gasteiger partial charge in [-0.3, -0.25) is 0 Å². The first-order valence-corrected chi connectivity index (χ1v) is 5.28. The molecule has 0 aromatic heterocycles. The largest absolute Gasteiger partial charge is 0.496 e. The number of ether oxygens (including phenoxy) is 2. The number of methoxy groups -OCH3 is 2. The molecule has 92 valence electrons. The lowest BCUT2D eigenvalue weighted by Gasteiger charge is -2.12. The molecule has 0 amide bonds. The van der Waals surface area contributed by atoms with E-state index in [2.05, 4.69) is 0 Å². The number of carboxylic acid groups (broad SMARTS) is 1. The molecule has 0 bridgehead atoms. The minimum atomic E-state index is -0.984. The Kier molecular flexibility index (Phi) is 4.57. The molecule has 0 aliphatic heterocycles. The van der Waals surface area contributed by atoms with Gasteiger partial charge in [0.25, 0.3) is 0 Å². The van der Waals surface area contributed by atoms with Gasteiger partial charge >= 0.3 is 5.97 Å². The fourth-order valence-electron chi connectivity index (χ4n) is 1.62. The van der Waals surface area contributed by atoms with Crippen molar-refractivity contribution in [3.63, 3.8) is 0 Å². The van der Waals surface area contributed by atoms with Gasteiger partial charge in [0.05, 0.1) is 14.2 Å². The molecular formula is C13H16O4. The Hall–Kier alpha value is -1.97. The maximum Gasteiger partial charge on any atom is 0.328 e. The molecule has 0 spiro atoms. The van der Waals surface area contributed by atoms with Crippen LogP contribution in [0.5, 0.6) is 11.5 Å². The molecule has 4 nitrogen and oxygen atoms in total. The lowest BCUT2D eigenvalue weighted by atomic mass is 10.1. The SMILES string of the molecule is CCc1c(OC)cc(/C=C/C(=O)O)cc1OC. The fraction of sp³-hybridized carbons (Fsp3) is 0.308. The standard InChI is InChI=1S/C13H16O4/c1-4-10-11(16-2)7-9(5-6-13(14)15)8-12(10)17-3/h5-8H,4H2,1-3H3,(H,14,15)/b6-5+. The summed E-state index contributed by atoms with van der Waals surface area (Å²) < 4.78 is 10.5. The Balaban J connectivity index is 3.22. The van der Waals surface area contributed by atoms with Gasteiger partial charge in [0, 0.05) is 11.6 Å². The third-order valence-electron chi connectivity index (χ3n) is 2.40. The summed E-state index contributed by atoms with van der Waals surface area (Å²) in [5, 5.41) is 8.58. The predicted molar refractivity (Wildman–Crippen MR) is 65.6 cm³/mol. The van der Waals surface area contributed by atoms with Crippen molar-refractivity contribution in [2.75, 3.05) is 14.2 Å². The molecule has 0 aliphatic rings. The van der Waals surface area contributed by atoms with Crippen LogP contribution in [-0.4, -0.2) is 25.3 Å². The van der Waals surface area contributed by atoms with Crippen LogP contribution in [-0.2, 0) is 11.2 Å². The molecule has 0 atom stereocenters. The maximum atomic E-state index is 10.5. The maximum absolute atomic E-state index is 10.5. The first kappa shape index (κ1) is 13.1. The van der Waals surface area contributed by atoms with E-state index in [-0.39, 0.29) is 0 Å². The molecule has 0 saturated carbocycles. The van der Waals surface area contributed by atoms with E-state index in [4.69, 9.17) is 14.6 Å². The normalized spacial score (nSPS) is 10.5. The van der Waals surface area contributed by atoms with Gasteiger partial charge in [0.2, 0.25) is 0 Å². The second-order valence-corrected chi connectivity index (χ2v) is 3.43. The van der Waals surface area contributed by atoms with E-state index >= 15 is 0 Å². The van der Waals surface area contributed by atoms with Crippen LogP contribution >= 0.6 is 0 Å². The summed E-state index contributed by atoms with van der Waals surface area (Å²) >= 11 is 0. The van der Waals surface area contributed by atoms with E-state index in [1.54, 1.807) is 26.4 Å². The highest BCUT2D eigenvalue weighted by Crippen LogP contribution is 2.31. The van der Waals surface area contributed by atoms with Crippen LogP contribution in [0.15, 0.2) is 18.2 Å². The highest BCUT2D eigenvalue weighted by molar-refractivity contribution is 5.85. The summed E-state index contributed by atoms with van der Waals surface area (Å²) in [4.78, 5) is 10.5. The summed E-state index contributed by atoms with van der Waals surface area (Å²) in [6.45, 7) is 2.01. The van der Waals surface area contributed by atoms with Crippen molar-refractivity contribution in [3.8, 4) is 11.5 Å². The average Bonchev–Trinajstić information content (AvgIpc) is 2.34. The van der Waals surface area contributed by atoms with Gasteiger partial charge in [-0.1, -0.05) is 6.92 Å². The number of hydrogen-bond acceptors (Lipinski definition) is 3. The molecule has 0 saturated heterocycles. The van der Waals surface area contributed by atoms with Gasteiger partial charge in [0.15, 0.2) is 0 Å². The molecule has 1 aromatic carbocycles. The minimum Gasteiger partial charge on any atom is -0.496 e. The zero-order valence-electron chi connectivity index (χ0n) is 10.2. The van der Waals surface area contributed by atoms with Gasteiger partial charge in [-0.2, -0.15) is 0 Å². The molecule has 4 heteroatoms. The summed E-state index contributed by atoms with van der Waals surface area (Å²) in [5.74, 6) is 0.427. The van der Waals surface area contributed by atoms with E-state index in [0.717, 1.165) is 23.6 Å². The molecule has 0 radical (unpaired) electrons. The molecule has 1 rings (SSSR count). The predicted octanol–water partition coefficient (Wildman–Crippen LogP) is 2.36. The van der Waals surface area contributed by atoms with Crippen molar-refractivity contribution in [3.05, 3.63) is 29.3 Å². The van der Waals surface area contributed by atoms with Gasteiger partial charge in [-0.15, -0.1) is 0 Å². The van der Waals surface area contributed by atoms with E-state index < -0.39 is 5.97 Å². The van der Waals surface area contributed by atoms with Crippen LogP contribution in [0, 0.1) is 0 Å². The average molecular weight is 236 g/mol. The van der Waals surface area contributed by atoms with Crippen molar-refractivity contribution < 1.29 is 19.4 Å². The Morgan fingerprint density at radius 3 is 2.18 bits per heavy atom. The lowest BCUT2D eigenvalue weighted by Crippen LogP contribution is -1.96. The minimum absolute atomic E-state index is 0.705. The van der Waals surface area contributed by atoms with Crippen molar-refractivity contribution in [1.29, 1.82) is 0 Å². The second kappa shape index (κ2) is 5.94. The number of aliphatic carboxylic acids is 1. The summed E-state index contributed by atoms with van der Waals surface area (Å²) in [6, 6.07) is 3.58. The zero-order valence-corrected chi connectivity index (χ0v) is 10.2. The zero-order chi connectivity index (χ0) is 12.8. The van der Waals surface area contributed by atoms with Crippen molar-refractivity contribution in [1.82, 2.24) is 0 Å². The highest BCUT2D eigenvalue weighted by atomic mass is 16.5. The van der Waals surface area contributed by atoms with Crippen molar-refractivity contribution in [2.24, 2.45) is 0 Å². The first-order chi connectivity index (χ1) is 8.12. The molecule has 0 unspecified atom stereocenters. The summed E-state index contributed by atoms with van der Waals surface area (Å²) in [5.41, 5.74) is 1.71. The third kappa shape index (κ3) is 3.24. The molecule has 0 heterocycles. The quantitative estimate of drug-likeness (QED) is 0.797. The van der Waals surface area contributed by atoms with Crippen LogP contribution < -0.4 is 9.47 Å². The molecule has 0 aliphatic carbocycles. The first-order valence-electron chi connectivity index (χ1n) is 5.28. The van der Waals surface area contributed by atoms with Crippen molar-refractivity contribution in [2.45, 2.75) is 13.3 Å². The lowest BCUT2D eigenvalue weighted by molar-refractivity contribution is -0.131. The molecule has 1 N–H and O–H groups in total. The van der Waals surface area contributed by atoms with Gasteiger partial charge in [-0.25, -0.2) is 4.79 Å². The number of carbonyl (C=O) groups is 1. The monoisotopic (exact) mass is 236 g/mol. The smallest absolute Gasteiger partial charge is 0.328 e. The molecular weight excluding hydrogens is 220 g/mol. The Labute approximate surface area is 100 Å². The van der Waals surface area contributed by atoms with Crippen LogP contribution in [0.4, 0.5) is 0 Å². The Morgan fingerprint density at radius 2 is 1.82 bits per heavy atom. The number of rotatable bonds is 5. The molecule has 0 fully saturated rings. The van der Waals surface area contributed by atoms with Crippen LogP contribution in [0.2, 0.25) is 0 Å². The Morgan fingerprint density at radius 1 is 1.29 bits per heavy atom. The van der Waals surface area contributed by atoms with Crippen LogP contribution in [0.1, 0.15) is 18.1 Å². The number of benzene rings is 1. The van der Waals surface area contributed by atoms with Crippen LogP contribution in [0.25, 0.3) is 6.08 Å².